The quantitative estimate of drug-likeness (QED) is 0.905. The molecule has 112 valence electrons. The third-order valence-corrected chi connectivity index (χ3v) is 5.97. The van der Waals surface area contributed by atoms with Crippen LogP contribution in [0.4, 0.5) is 0 Å². The number of methoxy groups -OCH3 is 1. The molecule has 1 fully saturated rings. The first kappa shape index (κ1) is 15.4. The van der Waals surface area contributed by atoms with Gasteiger partial charge in [0.1, 0.15) is 0 Å². The van der Waals surface area contributed by atoms with Crippen molar-refractivity contribution in [1.82, 2.24) is 4.31 Å². The zero-order valence-electron chi connectivity index (χ0n) is 12.2. The lowest BCUT2D eigenvalue weighted by Crippen LogP contribution is -2.30. The smallest absolute Gasteiger partial charge is 0.243 e. The highest BCUT2D eigenvalue weighted by atomic mass is 32.2. The average Bonchev–Trinajstić information content (AvgIpc) is 2.91. The number of benzene rings is 1. The van der Waals surface area contributed by atoms with Gasteiger partial charge in [-0.15, -0.1) is 0 Å². The number of hydrogen-bond donors (Lipinski definition) is 1. The van der Waals surface area contributed by atoms with Crippen LogP contribution in [-0.4, -0.2) is 39.0 Å². The van der Waals surface area contributed by atoms with Crippen molar-refractivity contribution in [1.29, 1.82) is 0 Å². The summed E-state index contributed by atoms with van der Waals surface area (Å²) in [7, 11) is -1.85. The Morgan fingerprint density at radius 3 is 2.65 bits per heavy atom. The summed E-state index contributed by atoms with van der Waals surface area (Å²) in [5.74, 6) is 0. The highest BCUT2D eigenvalue weighted by Crippen LogP contribution is 2.27. The molecule has 1 aliphatic heterocycles. The molecular formula is C14H22N2O3S. The van der Waals surface area contributed by atoms with Crippen molar-refractivity contribution in [3.8, 4) is 0 Å². The van der Waals surface area contributed by atoms with E-state index in [1.165, 1.54) is 4.31 Å². The van der Waals surface area contributed by atoms with Crippen LogP contribution in [0, 0.1) is 13.8 Å². The maximum Gasteiger partial charge on any atom is 0.243 e. The first-order valence-electron chi connectivity index (χ1n) is 6.73. The van der Waals surface area contributed by atoms with Gasteiger partial charge in [0.15, 0.2) is 0 Å². The number of nitrogens with two attached hydrogens (primary N) is 1. The van der Waals surface area contributed by atoms with Crippen molar-refractivity contribution in [3.63, 3.8) is 0 Å². The summed E-state index contributed by atoms with van der Waals surface area (Å²) in [6.07, 6.45) is 0.730. The molecule has 1 aromatic carbocycles. The van der Waals surface area contributed by atoms with Gasteiger partial charge in [0.25, 0.3) is 0 Å². The van der Waals surface area contributed by atoms with E-state index in [-0.39, 0.29) is 6.10 Å². The second-order valence-corrected chi connectivity index (χ2v) is 7.16. The van der Waals surface area contributed by atoms with Crippen molar-refractivity contribution in [2.45, 2.75) is 37.8 Å². The predicted molar refractivity (Wildman–Crippen MR) is 78.0 cm³/mol. The van der Waals surface area contributed by atoms with E-state index in [1.807, 2.05) is 19.9 Å². The molecule has 20 heavy (non-hydrogen) atoms. The van der Waals surface area contributed by atoms with E-state index in [0.717, 1.165) is 23.1 Å². The summed E-state index contributed by atoms with van der Waals surface area (Å²) in [5, 5.41) is 0. The Balaban J connectivity index is 2.42. The SMILES string of the molecule is COC1CCN(S(=O)(=O)c2cc(CN)cc(C)c2C)C1. The minimum absolute atomic E-state index is 0.0103. The summed E-state index contributed by atoms with van der Waals surface area (Å²) in [6, 6.07) is 3.63. The number of ether oxygens (including phenoxy) is 1. The van der Waals surface area contributed by atoms with Crippen LogP contribution < -0.4 is 5.73 Å². The second-order valence-electron chi connectivity index (χ2n) is 5.25. The fourth-order valence-corrected chi connectivity index (χ4v) is 4.37. The highest BCUT2D eigenvalue weighted by Gasteiger charge is 2.33. The van der Waals surface area contributed by atoms with Crippen molar-refractivity contribution < 1.29 is 13.2 Å². The zero-order chi connectivity index (χ0) is 14.9. The van der Waals surface area contributed by atoms with Crippen LogP contribution in [0.15, 0.2) is 17.0 Å². The summed E-state index contributed by atoms with van der Waals surface area (Å²) < 4.78 is 32.3. The van der Waals surface area contributed by atoms with Gasteiger partial charge in [-0.3, -0.25) is 0 Å². The maximum atomic E-state index is 12.8. The van der Waals surface area contributed by atoms with Gasteiger partial charge < -0.3 is 10.5 Å². The number of sulfonamides is 1. The van der Waals surface area contributed by atoms with Crippen molar-refractivity contribution in [2.75, 3.05) is 20.2 Å². The summed E-state index contributed by atoms with van der Waals surface area (Å²) in [5.41, 5.74) is 8.24. The molecule has 0 radical (unpaired) electrons. The molecule has 2 rings (SSSR count). The summed E-state index contributed by atoms with van der Waals surface area (Å²) >= 11 is 0. The van der Waals surface area contributed by atoms with Crippen LogP contribution in [0.2, 0.25) is 0 Å². The molecule has 0 aliphatic carbocycles. The zero-order valence-corrected chi connectivity index (χ0v) is 13.0. The van der Waals surface area contributed by atoms with Crippen molar-refractivity contribution in [3.05, 3.63) is 28.8 Å². The summed E-state index contributed by atoms with van der Waals surface area (Å²) in [4.78, 5) is 0.370. The van der Waals surface area contributed by atoms with Crippen LogP contribution in [0.5, 0.6) is 0 Å². The van der Waals surface area contributed by atoms with E-state index in [4.69, 9.17) is 10.5 Å². The van der Waals surface area contributed by atoms with Gasteiger partial charge >= 0.3 is 0 Å². The minimum atomic E-state index is -3.47. The Kier molecular flexibility index (Phi) is 4.49. The van der Waals surface area contributed by atoms with Crippen LogP contribution in [-0.2, 0) is 21.3 Å². The van der Waals surface area contributed by atoms with Gasteiger partial charge in [0.05, 0.1) is 11.0 Å². The molecule has 2 N–H and O–H groups in total. The predicted octanol–water partition coefficient (Wildman–Crippen LogP) is 1.17. The lowest BCUT2D eigenvalue weighted by atomic mass is 10.1. The van der Waals surface area contributed by atoms with Gasteiger partial charge in [-0.25, -0.2) is 8.42 Å². The van der Waals surface area contributed by atoms with E-state index in [0.29, 0.717) is 24.5 Å². The monoisotopic (exact) mass is 298 g/mol. The molecule has 0 amide bonds. The Morgan fingerprint density at radius 1 is 1.40 bits per heavy atom. The molecule has 1 heterocycles. The standard InChI is InChI=1S/C14H22N2O3S/c1-10-6-12(8-15)7-14(11(10)2)20(17,18)16-5-4-13(9-16)19-3/h6-7,13H,4-5,8-9,15H2,1-3H3. The topological polar surface area (TPSA) is 72.6 Å². The Labute approximate surface area is 120 Å². The molecule has 0 bridgehead atoms. The number of hydrogen-bond acceptors (Lipinski definition) is 4. The third-order valence-electron chi connectivity index (χ3n) is 3.97. The van der Waals surface area contributed by atoms with E-state index in [2.05, 4.69) is 0 Å². The molecular weight excluding hydrogens is 276 g/mol. The van der Waals surface area contributed by atoms with Crippen LogP contribution in [0.3, 0.4) is 0 Å². The summed E-state index contributed by atoms with van der Waals surface area (Å²) in [6.45, 7) is 5.02. The molecule has 0 aromatic heterocycles. The van der Waals surface area contributed by atoms with Crippen molar-refractivity contribution in [2.24, 2.45) is 5.73 Å². The Hall–Kier alpha value is -0.950. The molecule has 1 saturated heterocycles. The van der Waals surface area contributed by atoms with Gasteiger partial charge in [-0.2, -0.15) is 4.31 Å². The maximum absolute atomic E-state index is 12.8. The number of nitrogens with zero attached hydrogens (tertiary/aromatic N) is 1. The largest absolute Gasteiger partial charge is 0.380 e. The first-order chi connectivity index (χ1) is 9.40. The molecule has 1 atom stereocenters. The van der Waals surface area contributed by atoms with E-state index in [9.17, 15) is 8.42 Å². The molecule has 1 unspecified atom stereocenters. The molecule has 0 spiro atoms. The second kappa shape index (κ2) is 5.81. The number of rotatable bonds is 4. The van der Waals surface area contributed by atoms with E-state index in [1.54, 1.807) is 13.2 Å². The van der Waals surface area contributed by atoms with Crippen LogP contribution >= 0.6 is 0 Å². The van der Waals surface area contributed by atoms with Gasteiger partial charge in [-0.05, 0) is 43.0 Å². The average molecular weight is 298 g/mol. The number of aryl methyl sites for hydroxylation is 1. The molecule has 6 heteroatoms. The van der Waals surface area contributed by atoms with Crippen LogP contribution in [0.25, 0.3) is 0 Å². The minimum Gasteiger partial charge on any atom is -0.380 e. The Bertz CT molecular complexity index is 599. The molecule has 5 nitrogen and oxygen atoms in total. The normalized spacial score (nSPS) is 20.5. The fourth-order valence-electron chi connectivity index (χ4n) is 2.53. The van der Waals surface area contributed by atoms with Gasteiger partial charge in [-0.1, -0.05) is 6.07 Å². The molecule has 1 aliphatic rings. The van der Waals surface area contributed by atoms with E-state index < -0.39 is 10.0 Å². The molecule has 1 aromatic rings. The van der Waals surface area contributed by atoms with Crippen molar-refractivity contribution >= 4 is 10.0 Å². The molecule has 0 saturated carbocycles. The highest BCUT2D eigenvalue weighted by molar-refractivity contribution is 7.89. The van der Waals surface area contributed by atoms with Gasteiger partial charge in [0, 0.05) is 26.7 Å². The van der Waals surface area contributed by atoms with Crippen LogP contribution in [0.1, 0.15) is 23.1 Å². The van der Waals surface area contributed by atoms with E-state index >= 15 is 0 Å². The Morgan fingerprint density at radius 2 is 2.10 bits per heavy atom. The lowest BCUT2D eigenvalue weighted by Gasteiger charge is -2.19. The fraction of sp³-hybridized carbons (Fsp3) is 0.571. The third kappa shape index (κ3) is 2.74. The lowest BCUT2D eigenvalue weighted by molar-refractivity contribution is 0.115. The van der Waals surface area contributed by atoms with Gasteiger partial charge in [0.2, 0.25) is 10.0 Å². The first-order valence-corrected chi connectivity index (χ1v) is 8.17.